The topological polar surface area (TPSA) is 164 Å². The average molecular weight is 576 g/mol. The minimum absolute atomic E-state index is 0.00614. The molecule has 1 saturated heterocycles. The number of anilines is 2. The lowest BCUT2D eigenvalue weighted by atomic mass is 9.96. The van der Waals surface area contributed by atoms with E-state index in [4.69, 9.17) is 5.73 Å². The number of carbonyl (C=O) groups is 2. The smallest absolute Gasteiger partial charge is 0.251 e. The summed E-state index contributed by atoms with van der Waals surface area (Å²) in [5.74, 6) is -1.06. The van der Waals surface area contributed by atoms with E-state index >= 15 is 0 Å². The van der Waals surface area contributed by atoms with Gasteiger partial charge in [-0.2, -0.15) is 0 Å². The molecule has 0 spiro atoms. The van der Waals surface area contributed by atoms with Gasteiger partial charge in [-0.25, -0.2) is 17.8 Å². The Morgan fingerprint density at radius 3 is 2.64 bits per heavy atom. The van der Waals surface area contributed by atoms with Crippen LogP contribution >= 0.6 is 11.3 Å². The summed E-state index contributed by atoms with van der Waals surface area (Å²) in [5, 5.41) is 19.3. The van der Waals surface area contributed by atoms with Crippen molar-refractivity contribution in [1.82, 2.24) is 15.6 Å². The lowest BCUT2D eigenvalue weighted by Crippen LogP contribution is -2.40. The third kappa shape index (κ3) is 7.38. The number of hydrogen-bond donors (Lipinski definition) is 5. The fourth-order valence-electron chi connectivity index (χ4n) is 4.15. The van der Waals surface area contributed by atoms with Gasteiger partial charge in [-0.1, -0.05) is 18.2 Å². The van der Waals surface area contributed by atoms with Crippen LogP contribution in [-0.2, 0) is 26.8 Å². The zero-order valence-corrected chi connectivity index (χ0v) is 23.1. The number of aliphatic hydroxyl groups is 1. The Morgan fingerprint density at radius 1 is 1.23 bits per heavy atom. The number of sulfone groups is 1. The van der Waals surface area contributed by atoms with Gasteiger partial charge in [-0.3, -0.25) is 9.59 Å². The summed E-state index contributed by atoms with van der Waals surface area (Å²) in [7, 11) is -3.08. The summed E-state index contributed by atoms with van der Waals surface area (Å²) < 4.78 is 38.0. The van der Waals surface area contributed by atoms with Crippen molar-refractivity contribution in [3.63, 3.8) is 0 Å². The maximum Gasteiger partial charge on any atom is 0.251 e. The molecule has 1 fully saturated rings. The molecular formula is C26H30FN5O5S2. The maximum absolute atomic E-state index is 14.9. The van der Waals surface area contributed by atoms with Gasteiger partial charge in [-0.15, -0.1) is 11.3 Å². The molecule has 2 aromatic heterocycles. The summed E-state index contributed by atoms with van der Waals surface area (Å²) >= 11 is 1.14. The van der Waals surface area contributed by atoms with Crippen molar-refractivity contribution in [2.75, 3.05) is 23.4 Å². The molecule has 1 aliphatic rings. The molecule has 39 heavy (non-hydrogen) atoms. The number of nitrogens with two attached hydrogens (primary N) is 1. The molecule has 208 valence electrons. The molecule has 10 nitrogen and oxygen atoms in total. The van der Waals surface area contributed by atoms with E-state index in [-0.39, 0.29) is 47.7 Å². The van der Waals surface area contributed by atoms with Crippen molar-refractivity contribution in [2.24, 2.45) is 5.73 Å². The summed E-state index contributed by atoms with van der Waals surface area (Å²) in [6.07, 6.45) is 0.417. The first-order valence-corrected chi connectivity index (χ1v) is 14.8. The van der Waals surface area contributed by atoms with Crippen molar-refractivity contribution in [2.45, 2.75) is 38.5 Å². The summed E-state index contributed by atoms with van der Waals surface area (Å²) in [6.45, 7) is 3.39. The van der Waals surface area contributed by atoms with Crippen molar-refractivity contribution in [3.8, 4) is 10.4 Å². The zero-order chi connectivity index (χ0) is 28.4. The van der Waals surface area contributed by atoms with Crippen molar-refractivity contribution in [3.05, 3.63) is 65.1 Å². The second-order valence-electron chi connectivity index (χ2n) is 9.88. The first-order chi connectivity index (χ1) is 18.3. The molecule has 3 heterocycles. The fraction of sp³-hybridized carbons (Fsp3) is 0.346. The molecule has 6 N–H and O–H groups in total. The van der Waals surface area contributed by atoms with E-state index in [2.05, 4.69) is 20.9 Å². The van der Waals surface area contributed by atoms with E-state index in [0.717, 1.165) is 11.3 Å². The number of halogens is 1. The summed E-state index contributed by atoms with van der Waals surface area (Å²) in [5.41, 5.74) is 5.86. The number of carbonyl (C=O) groups excluding carboxylic acids is 2. The number of hydrogen-bond acceptors (Lipinski definition) is 9. The molecule has 0 saturated carbocycles. The number of pyridine rings is 1. The molecule has 0 radical (unpaired) electrons. The number of nitrogens with one attached hydrogen (secondary N) is 3. The quantitative estimate of drug-likeness (QED) is 0.246. The predicted octanol–water partition coefficient (Wildman–Crippen LogP) is 2.41. The highest BCUT2D eigenvalue weighted by molar-refractivity contribution is 7.91. The number of amides is 2. The standard InChI is InChI=1S/C26H30FN5O5S2/c1-26(2,35)15-6-7-18(20(27)10-15)21-11-19(24(28)34)25(38-21)32-22-5-3-4-16(30-22)12-29-13-23(33)31-17-8-9-39(36,37)14-17/h3-7,10-11,17,29,35H,8-9,12-14H2,1-2H3,(H2,28,34)(H,30,32)(H,31,33). The highest BCUT2D eigenvalue weighted by Crippen LogP contribution is 2.38. The van der Waals surface area contributed by atoms with Gasteiger partial charge in [0.25, 0.3) is 5.91 Å². The number of aromatic nitrogens is 1. The number of rotatable bonds is 10. The highest BCUT2D eigenvalue weighted by atomic mass is 32.2. The normalized spacial score (nSPS) is 16.7. The molecule has 0 aliphatic carbocycles. The van der Waals surface area contributed by atoms with Crippen LogP contribution in [0.15, 0.2) is 42.5 Å². The molecule has 0 bridgehead atoms. The van der Waals surface area contributed by atoms with Gasteiger partial charge in [-0.05, 0) is 50.1 Å². The van der Waals surface area contributed by atoms with Crippen LogP contribution in [0.4, 0.5) is 15.2 Å². The Bertz CT molecular complexity index is 1500. The second kappa shape index (κ2) is 11.4. The molecule has 13 heteroatoms. The Hall–Kier alpha value is -3.39. The third-order valence-electron chi connectivity index (χ3n) is 6.18. The van der Waals surface area contributed by atoms with Crippen LogP contribution in [-0.4, -0.2) is 54.4 Å². The van der Waals surface area contributed by atoms with E-state index in [0.29, 0.717) is 33.4 Å². The summed E-state index contributed by atoms with van der Waals surface area (Å²) in [4.78, 5) is 29.2. The number of nitrogens with zero attached hydrogens (tertiary/aromatic N) is 1. The Kier molecular flexibility index (Phi) is 8.35. The van der Waals surface area contributed by atoms with Gasteiger partial charge in [0.1, 0.15) is 16.6 Å². The van der Waals surface area contributed by atoms with E-state index < -0.39 is 27.2 Å². The van der Waals surface area contributed by atoms with Gasteiger partial charge < -0.3 is 26.8 Å². The van der Waals surface area contributed by atoms with Gasteiger partial charge in [0.05, 0.1) is 34.9 Å². The Morgan fingerprint density at radius 2 is 2.00 bits per heavy atom. The number of benzene rings is 1. The number of primary amides is 1. The molecule has 4 rings (SSSR count). The molecule has 2 amide bonds. The van der Waals surface area contributed by atoms with E-state index in [1.165, 1.54) is 12.1 Å². The summed E-state index contributed by atoms with van der Waals surface area (Å²) in [6, 6.07) is 10.8. The van der Waals surface area contributed by atoms with Crippen molar-refractivity contribution >= 4 is 43.8 Å². The highest BCUT2D eigenvalue weighted by Gasteiger charge is 2.28. The first-order valence-electron chi connectivity index (χ1n) is 12.2. The van der Waals surface area contributed by atoms with Crippen LogP contribution in [0.25, 0.3) is 10.4 Å². The van der Waals surface area contributed by atoms with E-state index in [9.17, 15) is 27.5 Å². The average Bonchev–Trinajstić information content (AvgIpc) is 3.41. The number of thiophene rings is 1. The van der Waals surface area contributed by atoms with Crippen molar-refractivity contribution in [1.29, 1.82) is 0 Å². The second-order valence-corrected chi connectivity index (χ2v) is 13.2. The largest absolute Gasteiger partial charge is 0.386 e. The van der Waals surface area contributed by atoms with Gasteiger partial charge in [0, 0.05) is 23.0 Å². The molecule has 3 aromatic rings. The predicted molar refractivity (Wildman–Crippen MR) is 148 cm³/mol. The monoisotopic (exact) mass is 575 g/mol. The van der Waals surface area contributed by atoms with E-state index in [1.807, 2.05) is 0 Å². The maximum atomic E-state index is 14.9. The van der Waals surface area contributed by atoms with Crippen LogP contribution in [0.1, 0.15) is 41.9 Å². The fourth-order valence-corrected chi connectivity index (χ4v) is 6.92. The van der Waals surface area contributed by atoms with Gasteiger partial charge in [0.15, 0.2) is 9.84 Å². The molecule has 1 atom stereocenters. The van der Waals surface area contributed by atoms with Crippen LogP contribution in [0.3, 0.4) is 0 Å². The van der Waals surface area contributed by atoms with Crippen LogP contribution in [0.5, 0.6) is 0 Å². The molecule has 1 unspecified atom stereocenters. The Labute approximate surface area is 229 Å². The lowest BCUT2D eigenvalue weighted by molar-refractivity contribution is -0.120. The molecule has 1 aliphatic heterocycles. The first kappa shape index (κ1) is 28.6. The third-order valence-corrected chi connectivity index (χ3v) is 9.03. The SMILES string of the molecule is CC(C)(O)c1ccc(-c2cc(C(N)=O)c(Nc3cccc(CNCC(=O)NC4CCS(=O)(=O)C4)n3)s2)c(F)c1. The Balaban J connectivity index is 1.42. The van der Waals surface area contributed by atoms with Gasteiger partial charge >= 0.3 is 0 Å². The van der Waals surface area contributed by atoms with Crippen LogP contribution in [0, 0.1) is 5.82 Å². The molecule has 1 aromatic carbocycles. The molecular weight excluding hydrogens is 545 g/mol. The van der Waals surface area contributed by atoms with Crippen molar-refractivity contribution < 1.29 is 27.5 Å². The van der Waals surface area contributed by atoms with Crippen LogP contribution in [0.2, 0.25) is 0 Å². The lowest BCUT2D eigenvalue weighted by Gasteiger charge is -2.18. The minimum Gasteiger partial charge on any atom is -0.386 e. The van der Waals surface area contributed by atoms with Gasteiger partial charge in [0.2, 0.25) is 5.91 Å². The zero-order valence-electron chi connectivity index (χ0n) is 21.5. The van der Waals surface area contributed by atoms with Crippen LogP contribution < -0.4 is 21.7 Å². The van der Waals surface area contributed by atoms with E-state index in [1.54, 1.807) is 44.2 Å². The minimum atomic E-state index is -3.08.